The average Bonchev–Trinajstić information content (AvgIpc) is 2.37. The maximum absolute atomic E-state index is 9.23. The molecule has 0 spiro atoms. The van der Waals surface area contributed by atoms with Gasteiger partial charge in [-0.1, -0.05) is 20.3 Å². The molecule has 5 nitrogen and oxygen atoms in total. The second kappa shape index (κ2) is 7.87. The van der Waals surface area contributed by atoms with E-state index in [0.29, 0.717) is 5.75 Å². The van der Waals surface area contributed by atoms with Crippen LogP contribution in [0, 0.1) is 0 Å². The Morgan fingerprint density at radius 1 is 1.44 bits per heavy atom. The fourth-order valence-electron chi connectivity index (χ4n) is 1.40. The van der Waals surface area contributed by atoms with Gasteiger partial charge in [-0.2, -0.15) is 0 Å². The van der Waals surface area contributed by atoms with Gasteiger partial charge in [-0.05, 0) is 13.3 Å². The van der Waals surface area contributed by atoms with Crippen molar-refractivity contribution in [2.24, 2.45) is 0 Å². The number of aliphatic hydroxyl groups is 1. The fourth-order valence-corrected chi connectivity index (χ4v) is 1.40. The molecule has 0 amide bonds. The van der Waals surface area contributed by atoms with Crippen LogP contribution in [0.1, 0.15) is 39.4 Å². The summed E-state index contributed by atoms with van der Waals surface area (Å²) in [4.78, 5) is 8.62. The van der Waals surface area contributed by atoms with E-state index in [9.17, 15) is 5.11 Å². The van der Waals surface area contributed by atoms with Gasteiger partial charge in [0, 0.05) is 13.0 Å². The molecule has 2 N–H and O–H groups in total. The molecule has 0 aliphatic heterocycles. The van der Waals surface area contributed by atoms with Crippen molar-refractivity contribution in [1.82, 2.24) is 9.97 Å². The summed E-state index contributed by atoms with van der Waals surface area (Å²) in [5.41, 5.74) is 0. The first kappa shape index (κ1) is 14.7. The van der Waals surface area contributed by atoms with Crippen LogP contribution in [-0.2, 0) is 6.42 Å². The Morgan fingerprint density at radius 3 is 2.83 bits per heavy atom. The number of rotatable bonds is 8. The molecule has 18 heavy (non-hydrogen) atoms. The zero-order valence-corrected chi connectivity index (χ0v) is 11.4. The number of anilines is 1. The molecule has 0 bridgehead atoms. The molecule has 1 rings (SSSR count). The molecule has 1 aromatic heterocycles. The number of unbranched alkanes of at least 4 members (excludes halogenated alkanes) is 1. The lowest BCUT2D eigenvalue weighted by molar-refractivity contribution is 0.122. The van der Waals surface area contributed by atoms with Crippen molar-refractivity contribution in [1.29, 1.82) is 0 Å². The Labute approximate surface area is 109 Å². The third kappa shape index (κ3) is 4.87. The van der Waals surface area contributed by atoms with E-state index in [1.165, 1.54) is 0 Å². The lowest BCUT2D eigenvalue weighted by Gasteiger charge is -2.13. The van der Waals surface area contributed by atoms with Crippen LogP contribution in [0.15, 0.2) is 6.20 Å². The van der Waals surface area contributed by atoms with Crippen molar-refractivity contribution >= 4 is 5.82 Å². The van der Waals surface area contributed by atoms with Gasteiger partial charge in [0.25, 0.3) is 0 Å². The Kier molecular flexibility index (Phi) is 6.43. The molecule has 0 saturated heterocycles. The number of ether oxygens (including phenoxy) is 1. The lowest BCUT2D eigenvalue weighted by atomic mass is 10.3. The normalized spacial score (nSPS) is 12.2. The van der Waals surface area contributed by atoms with Crippen molar-refractivity contribution in [2.45, 2.75) is 46.1 Å². The second-order valence-electron chi connectivity index (χ2n) is 4.29. The summed E-state index contributed by atoms with van der Waals surface area (Å²) in [7, 11) is 0. The summed E-state index contributed by atoms with van der Waals surface area (Å²) < 4.78 is 5.49. The number of hydrogen-bond donors (Lipinski definition) is 2. The number of hydrogen-bond acceptors (Lipinski definition) is 5. The third-order valence-corrected chi connectivity index (χ3v) is 2.42. The highest BCUT2D eigenvalue weighted by molar-refractivity contribution is 5.48. The zero-order valence-electron chi connectivity index (χ0n) is 11.4. The van der Waals surface area contributed by atoms with Crippen LogP contribution in [0.3, 0.4) is 0 Å². The van der Waals surface area contributed by atoms with Gasteiger partial charge < -0.3 is 15.2 Å². The topological polar surface area (TPSA) is 67.3 Å². The predicted molar refractivity (Wildman–Crippen MR) is 72.0 cm³/mol. The molecule has 0 saturated carbocycles. The molecule has 1 atom stereocenters. The molecule has 0 aliphatic carbocycles. The maximum atomic E-state index is 9.23. The van der Waals surface area contributed by atoms with Gasteiger partial charge in [0.1, 0.15) is 12.4 Å². The summed E-state index contributed by atoms with van der Waals surface area (Å²) in [5.74, 6) is 2.11. The van der Waals surface area contributed by atoms with Crippen LogP contribution in [0.25, 0.3) is 0 Å². The predicted octanol–water partition coefficient (Wildman–Crippen LogP) is 2.01. The van der Waals surface area contributed by atoms with Gasteiger partial charge in [-0.3, -0.25) is 0 Å². The highest BCUT2D eigenvalue weighted by Crippen LogP contribution is 2.21. The monoisotopic (exact) mass is 253 g/mol. The van der Waals surface area contributed by atoms with Gasteiger partial charge in [0.2, 0.25) is 0 Å². The summed E-state index contributed by atoms with van der Waals surface area (Å²) in [6.45, 7) is 6.95. The second-order valence-corrected chi connectivity index (χ2v) is 4.29. The van der Waals surface area contributed by atoms with Crippen LogP contribution in [0.2, 0.25) is 0 Å². The molecule has 5 heteroatoms. The first-order chi connectivity index (χ1) is 8.67. The minimum absolute atomic E-state index is 0.247. The fraction of sp³-hybridized carbons (Fsp3) is 0.692. The lowest BCUT2D eigenvalue weighted by Crippen LogP contribution is -2.15. The maximum Gasteiger partial charge on any atom is 0.179 e. The number of aromatic nitrogens is 2. The van der Waals surface area contributed by atoms with Crippen molar-refractivity contribution in [2.75, 3.05) is 18.5 Å². The number of aliphatic hydroxyl groups excluding tert-OH is 1. The molecule has 0 aliphatic rings. The molecular weight excluding hydrogens is 230 g/mol. The standard InChI is InChI=1S/C13H23N3O2/c1-4-6-7-14-13-11(18-9-10(3)17)8-15-12(5-2)16-13/h8,10,17H,4-7,9H2,1-3H3,(H,14,15,16). The SMILES string of the molecule is CCCCNc1nc(CC)ncc1OCC(C)O. The molecule has 102 valence electrons. The van der Waals surface area contributed by atoms with E-state index in [1.807, 2.05) is 6.92 Å². The highest BCUT2D eigenvalue weighted by Gasteiger charge is 2.08. The largest absolute Gasteiger partial charge is 0.485 e. The first-order valence-electron chi connectivity index (χ1n) is 6.58. The number of aryl methyl sites for hydroxylation is 1. The third-order valence-electron chi connectivity index (χ3n) is 2.42. The molecule has 1 unspecified atom stereocenters. The van der Waals surface area contributed by atoms with Gasteiger partial charge in [0.15, 0.2) is 11.6 Å². The Morgan fingerprint density at radius 2 is 2.22 bits per heavy atom. The smallest absolute Gasteiger partial charge is 0.179 e. The molecule has 0 aromatic carbocycles. The molecule has 0 fully saturated rings. The molecule has 0 radical (unpaired) electrons. The van der Waals surface area contributed by atoms with Gasteiger partial charge in [0.05, 0.1) is 12.3 Å². The molecular formula is C13H23N3O2. The van der Waals surface area contributed by atoms with Crippen LogP contribution >= 0.6 is 0 Å². The van der Waals surface area contributed by atoms with E-state index in [2.05, 4.69) is 22.2 Å². The van der Waals surface area contributed by atoms with Crippen LogP contribution in [0.4, 0.5) is 5.82 Å². The first-order valence-corrected chi connectivity index (χ1v) is 6.58. The minimum atomic E-state index is -0.501. The summed E-state index contributed by atoms with van der Waals surface area (Å²) in [6.07, 6.45) is 4.17. The van der Waals surface area contributed by atoms with Gasteiger partial charge in [-0.15, -0.1) is 0 Å². The summed E-state index contributed by atoms with van der Waals surface area (Å²) in [6, 6.07) is 0. The van der Waals surface area contributed by atoms with Gasteiger partial charge in [-0.25, -0.2) is 9.97 Å². The average molecular weight is 253 g/mol. The van der Waals surface area contributed by atoms with E-state index in [-0.39, 0.29) is 6.61 Å². The summed E-state index contributed by atoms with van der Waals surface area (Å²) >= 11 is 0. The zero-order chi connectivity index (χ0) is 13.4. The van der Waals surface area contributed by atoms with Crippen molar-refractivity contribution in [3.05, 3.63) is 12.0 Å². The van der Waals surface area contributed by atoms with Crippen molar-refractivity contribution < 1.29 is 9.84 Å². The van der Waals surface area contributed by atoms with E-state index in [4.69, 9.17) is 4.74 Å². The van der Waals surface area contributed by atoms with Crippen LogP contribution < -0.4 is 10.1 Å². The summed E-state index contributed by atoms with van der Waals surface area (Å²) in [5, 5.41) is 12.5. The number of nitrogens with one attached hydrogen (secondary N) is 1. The van der Waals surface area contributed by atoms with Crippen LogP contribution in [-0.4, -0.2) is 34.3 Å². The van der Waals surface area contributed by atoms with E-state index >= 15 is 0 Å². The van der Waals surface area contributed by atoms with E-state index < -0.39 is 6.10 Å². The molecule has 1 aromatic rings. The van der Waals surface area contributed by atoms with E-state index in [0.717, 1.165) is 37.4 Å². The van der Waals surface area contributed by atoms with Crippen molar-refractivity contribution in [3.8, 4) is 5.75 Å². The van der Waals surface area contributed by atoms with Gasteiger partial charge >= 0.3 is 0 Å². The Bertz CT molecular complexity index is 356. The Hall–Kier alpha value is -1.36. The van der Waals surface area contributed by atoms with E-state index in [1.54, 1.807) is 13.1 Å². The van der Waals surface area contributed by atoms with Crippen LogP contribution in [0.5, 0.6) is 5.75 Å². The molecule has 1 heterocycles. The minimum Gasteiger partial charge on any atom is -0.485 e. The number of nitrogens with zero attached hydrogens (tertiary/aromatic N) is 2. The quantitative estimate of drug-likeness (QED) is 0.694. The Balaban J connectivity index is 2.72. The van der Waals surface area contributed by atoms with Crippen molar-refractivity contribution in [3.63, 3.8) is 0 Å². The highest BCUT2D eigenvalue weighted by atomic mass is 16.5.